The molecule has 5 heteroatoms. The van der Waals surface area contributed by atoms with E-state index in [0.29, 0.717) is 12.1 Å². The summed E-state index contributed by atoms with van der Waals surface area (Å²) < 4.78 is 1.71. The minimum Gasteiger partial charge on any atom is -0.394 e. The lowest BCUT2D eigenvalue weighted by molar-refractivity contribution is 0.0912. The van der Waals surface area contributed by atoms with Crippen LogP contribution < -0.4 is 5.32 Å². The van der Waals surface area contributed by atoms with Crippen LogP contribution >= 0.6 is 0 Å². The second kappa shape index (κ2) is 6.15. The lowest BCUT2D eigenvalue weighted by atomic mass is 10.1. The van der Waals surface area contributed by atoms with Gasteiger partial charge in [-0.25, -0.2) is 4.98 Å². The van der Waals surface area contributed by atoms with E-state index in [0.717, 1.165) is 5.56 Å². The molecule has 2 N–H and O–H groups in total. The Balaban J connectivity index is 1.97. The molecule has 1 heterocycles. The molecule has 0 radical (unpaired) electrons. The average Bonchev–Trinajstić information content (AvgIpc) is 2.86. The number of hydrogen-bond donors (Lipinski definition) is 2. The van der Waals surface area contributed by atoms with Gasteiger partial charge in [-0.2, -0.15) is 0 Å². The second-order valence-electron chi connectivity index (χ2n) is 4.47. The molecule has 0 aliphatic rings. The average molecular weight is 259 g/mol. The van der Waals surface area contributed by atoms with Crippen LogP contribution in [0.2, 0.25) is 0 Å². The summed E-state index contributed by atoms with van der Waals surface area (Å²) in [5, 5.41) is 12.1. The van der Waals surface area contributed by atoms with Gasteiger partial charge in [0.1, 0.15) is 5.69 Å². The van der Waals surface area contributed by atoms with Crippen LogP contribution in [-0.4, -0.2) is 33.2 Å². The van der Waals surface area contributed by atoms with E-state index >= 15 is 0 Å². The predicted octanol–water partition coefficient (Wildman–Crippen LogP) is 0.753. The fourth-order valence-electron chi connectivity index (χ4n) is 1.85. The SMILES string of the molecule is Cn1cnc(C(=O)N[C@@H](CO)Cc2ccccc2)c1. The summed E-state index contributed by atoms with van der Waals surface area (Å²) in [6.45, 7) is -0.104. The number of carbonyl (C=O) groups excluding carboxylic acids is 1. The highest BCUT2D eigenvalue weighted by molar-refractivity contribution is 5.92. The number of aryl methyl sites for hydroxylation is 1. The van der Waals surface area contributed by atoms with Crippen molar-refractivity contribution in [1.29, 1.82) is 0 Å². The van der Waals surface area contributed by atoms with Crippen molar-refractivity contribution in [3.63, 3.8) is 0 Å². The predicted molar refractivity (Wildman–Crippen MR) is 71.7 cm³/mol. The lowest BCUT2D eigenvalue weighted by Crippen LogP contribution is -2.39. The number of aromatic nitrogens is 2. The third-order valence-corrected chi connectivity index (χ3v) is 2.82. The standard InChI is InChI=1S/C14H17N3O2/c1-17-8-13(15-10-17)14(19)16-12(9-18)7-11-5-3-2-4-6-11/h2-6,8,10,12,18H,7,9H2,1H3,(H,16,19)/t12-/m1/s1. The van der Waals surface area contributed by atoms with E-state index in [1.807, 2.05) is 30.3 Å². The Morgan fingerprint density at radius 2 is 2.16 bits per heavy atom. The Kier molecular flexibility index (Phi) is 4.30. The van der Waals surface area contributed by atoms with Crippen LogP contribution in [0.25, 0.3) is 0 Å². The van der Waals surface area contributed by atoms with Gasteiger partial charge in [0, 0.05) is 13.2 Å². The summed E-state index contributed by atoms with van der Waals surface area (Å²) in [4.78, 5) is 15.9. The molecule has 1 aromatic carbocycles. The molecule has 5 nitrogen and oxygen atoms in total. The summed E-state index contributed by atoms with van der Waals surface area (Å²) in [5.41, 5.74) is 1.43. The number of amides is 1. The van der Waals surface area contributed by atoms with Gasteiger partial charge < -0.3 is 15.0 Å². The molecule has 2 rings (SSSR count). The van der Waals surface area contributed by atoms with E-state index in [1.165, 1.54) is 0 Å². The van der Waals surface area contributed by atoms with Gasteiger partial charge in [-0.1, -0.05) is 30.3 Å². The number of aliphatic hydroxyl groups excluding tert-OH is 1. The molecule has 0 saturated carbocycles. The first-order valence-electron chi connectivity index (χ1n) is 6.12. The summed E-state index contributed by atoms with van der Waals surface area (Å²) in [5.74, 6) is -0.268. The fraction of sp³-hybridized carbons (Fsp3) is 0.286. The second-order valence-corrected chi connectivity index (χ2v) is 4.47. The number of nitrogens with zero attached hydrogens (tertiary/aromatic N) is 2. The summed E-state index contributed by atoms with van der Waals surface area (Å²) in [7, 11) is 1.80. The summed E-state index contributed by atoms with van der Waals surface area (Å²) >= 11 is 0. The van der Waals surface area contributed by atoms with Crippen LogP contribution in [0.1, 0.15) is 16.1 Å². The molecular weight excluding hydrogens is 242 g/mol. The molecule has 2 aromatic rings. The Morgan fingerprint density at radius 3 is 2.74 bits per heavy atom. The monoisotopic (exact) mass is 259 g/mol. The number of rotatable bonds is 5. The molecule has 100 valence electrons. The third-order valence-electron chi connectivity index (χ3n) is 2.82. The van der Waals surface area contributed by atoms with E-state index in [9.17, 15) is 9.90 Å². The fourth-order valence-corrected chi connectivity index (χ4v) is 1.85. The quantitative estimate of drug-likeness (QED) is 0.832. The lowest BCUT2D eigenvalue weighted by Gasteiger charge is -2.15. The van der Waals surface area contributed by atoms with Crippen molar-refractivity contribution in [3.05, 3.63) is 54.1 Å². The minimum atomic E-state index is -0.308. The largest absolute Gasteiger partial charge is 0.394 e. The van der Waals surface area contributed by atoms with Crippen molar-refractivity contribution in [3.8, 4) is 0 Å². The van der Waals surface area contributed by atoms with E-state index in [2.05, 4.69) is 10.3 Å². The van der Waals surface area contributed by atoms with E-state index in [1.54, 1.807) is 24.1 Å². The number of hydrogen-bond acceptors (Lipinski definition) is 3. The van der Waals surface area contributed by atoms with Crippen LogP contribution in [0.4, 0.5) is 0 Å². The normalized spacial score (nSPS) is 12.1. The van der Waals surface area contributed by atoms with E-state index < -0.39 is 0 Å². The Hall–Kier alpha value is -2.14. The molecule has 0 unspecified atom stereocenters. The van der Waals surface area contributed by atoms with Crippen molar-refractivity contribution in [2.75, 3.05) is 6.61 Å². The molecule has 0 aliphatic carbocycles. The van der Waals surface area contributed by atoms with Gasteiger partial charge in [-0.3, -0.25) is 4.79 Å². The van der Waals surface area contributed by atoms with Crippen LogP contribution in [0.3, 0.4) is 0 Å². The Morgan fingerprint density at radius 1 is 1.42 bits per heavy atom. The Bertz CT molecular complexity index is 537. The van der Waals surface area contributed by atoms with Crippen LogP contribution in [0, 0.1) is 0 Å². The molecule has 1 amide bonds. The van der Waals surface area contributed by atoms with Crippen LogP contribution in [0.15, 0.2) is 42.9 Å². The van der Waals surface area contributed by atoms with Gasteiger partial charge in [-0.15, -0.1) is 0 Å². The first-order valence-corrected chi connectivity index (χ1v) is 6.12. The highest BCUT2D eigenvalue weighted by Gasteiger charge is 2.15. The zero-order valence-electron chi connectivity index (χ0n) is 10.8. The zero-order chi connectivity index (χ0) is 13.7. The number of benzene rings is 1. The van der Waals surface area contributed by atoms with Gasteiger partial charge in [-0.05, 0) is 12.0 Å². The first-order chi connectivity index (χ1) is 9.19. The van der Waals surface area contributed by atoms with Crippen molar-refractivity contribution < 1.29 is 9.90 Å². The Labute approximate surface area is 111 Å². The van der Waals surface area contributed by atoms with Gasteiger partial charge in [0.2, 0.25) is 0 Å². The van der Waals surface area contributed by atoms with Crippen LogP contribution in [-0.2, 0) is 13.5 Å². The minimum absolute atomic E-state index is 0.104. The molecule has 1 atom stereocenters. The van der Waals surface area contributed by atoms with E-state index in [-0.39, 0.29) is 18.6 Å². The first kappa shape index (κ1) is 13.3. The summed E-state index contributed by atoms with van der Waals surface area (Å²) in [6, 6.07) is 9.43. The van der Waals surface area contributed by atoms with Crippen molar-refractivity contribution in [2.24, 2.45) is 7.05 Å². The molecule has 0 saturated heterocycles. The number of imidazole rings is 1. The van der Waals surface area contributed by atoms with Gasteiger partial charge in [0.05, 0.1) is 19.0 Å². The van der Waals surface area contributed by atoms with Crippen molar-refractivity contribution >= 4 is 5.91 Å². The van der Waals surface area contributed by atoms with Gasteiger partial charge in [0.15, 0.2) is 0 Å². The summed E-state index contributed by atoms with van der Waals surface area (Å²) in [6.07, 6.45) is 3.81. The van der Waals surface area contributed by atoms with Crippen molar-refractivity contribution in [1.82, 2.24) is 14.9 Å². The van der Waals surface area contributed by atoms with Gasteiger partial charge >= 0.3 is 0 Å². The van der Waals surface area contributed by atoms with Crippen molar-refractivity contribution in [2.45, 2.75) is 12.5 Å². The molecule has 0 fully saturated rings. The van der Waals surface area contributed by atoms with Gasteiger partial charge in [0.25, 0.3) is 5.91 Å². The molecule has 0 bridgehead atoms. The number of nitrogens with one attached hydrogen (secondary N) is 1. The molecule has 1 aromatic heterocycles. The zero-order valence-corrected chi connectivity index (χ0v) is 10.8. The number of carbonyl (C=O) groups is 1. The maximum atomic E-state index is 11.9. The topological polar surface area (TPSA) is 67.2 Å². The smallest absolute Gasteiger partial charge is 0.271 e. The highest BCUT2D eigenvalue weighted by Crippen LogP contribution is 2.04. The highest BCUT2D eigenvalue weighted by atomic mass is 16.3. The maximum absolute atomic E-state index is 11.9. The third kappa shape index (κ3) is 3.66. The molecular formula is C14H17N3O2. The maximum Gasteiger partial charge on any atom is 0.271 e. The van der Waals surface area contributed by atoms with E-state index in [4.69, 9.17) is 0 Å². The van der Waals surface area contributed by atoms with Crippen LogP contribution in [0.5, 0.6) is 0 Å². The number of aliphatic hydroxyl groups is 1. The molecule has 19 heavy (non-hydrogen) atoms. The molecule has 0 spiro atoms. The molecule has 0 aliphatic heterocycles.